The van der Waals surface area contributed by atoms with Gasteiger partial charge in [0.1, 0.15) is 20.4 Å². The third-order valence-corrected chi connectivity index (χ3v) is 4.56. The first-order valence-electron chi connectivity index (χ1n) is 8.74. The first-order chi connectivity index (χ1) is 11.1. The summed E-state index contributed by atoms with van der Waals surface area (Å²) in [5.41, 5.74) is 5.85. The Kier molecular flexibility index (Phi) is 6.50. The quantitative estimate of drug-likeness (QED) is 0.460. The van der Waals surface area contributed by atoms with Crippen LogP contribution in [0.5, 0.6) is 5.75 Å². The second kappa shape index (κ2) is 7.49. The Labute approximate surface area is 153 Å². The van der Waals surface area contributed by atoms with E-state index in [1.807, 2.05) is 6.07 Å². The zero-order chi connectivity index (χ0) is 19.6. The molecule has 1 rings (SSSR count). The molecule has 1 aromatic carbocycles. The molecule has 0 aliphatic carbocycles. The minimum Gasteiger partial charge on any atom is -0.486 e. The molecule has 0 bridgehead atoms. The molecule has 0 amide bonds. The number of alkyl halides is 2. The SMILES string of the molecule is CC(C)(C)c1cc(C#C[Si](C)(C)C)c(OCC(F)F)c(C(C)(C)C)c1. The Balaban J connectivity index is 3.69. The summed E-state index contributed by atoms with van der Waals surface area (Å²) in [6, 6.07) is 4.09. The summed E-state index contributed by atoms with van der Waals surface area (Å²) in [5, 5.41) is 0. The Hall–Kier alpha value is -1.34. The second-order valence-corrected chi connectivity index (χ2v) is 14.4. The van der Waals surface area contributed by atoms with E-state index in [-0.39, 0.29) is 10.8 Å². The fraction of sp³-hybridized carbons (Fsp3) is 0.619. The van der Waals surface area contributed by atoms with Gasteiger partial charge >= 0.3 is 0 Å². The Morgan fingerprint density at radius 3 is 1.96 bits per heavy atom. The van der Waals surface area contributed by atoms with Crippen LogP contribution >= 0.6 is 0 Å². The van der Waals surface area contributed by atoms with Gasteiger partial charge in [-0.25, -0.2) is 8.78 Å². The van der Waals surface area contributed by atoms with E-state index in [1.54, 1.807) is 0 Å². The van der Waals surface area contributed by atoms with Gasteiger partial charge in [-0.2, -0.15) is 0 Å². The molecule has 0 atom stereocenters. The highest BCUT2D eigenvalue weighted by Crippen LogP contribution is 2.38. The lowest BCUT2D eigenvalue weighted by atomic mass is 9.79. The third-order valence-electron chi connectivity index (χ3n) is 3.69. The van der Waals surface area contributed by atoms with E-state index in [4.69, 9.17) is 4.74 Å². The molecule has 0 spiro atoms. The molecule has 0 aliphatic rings. The number of ether oxygens (including phenoxy) is 1. The van der Waals surface area contributed by atoms with Crippen molar-refractivity contribution in [1.82, 2.24) is 0 Å². The largest absolute Gasteiger partial charge is 0.486 e. The summed E-state index contributed by atoms with van der Waals surface area (Å²) in [7, 11) is -1.60. The van der Waals surface area contributed by atoms with Crippen LogP contribution in [-0.2, 0) is 10.8 Å². The van der Waals surface area contributed by atoms with Crippen molar-refractivity contribution in [3.63, 3.8) is 0 Å². The average Bonchev–Trinajstić information content (AvgIpc) is 2.39. The van der Waals surface area contributed by atoms with Crippen LogP contribution in [0.15, 0.2) is 12.1 Å². The molecular weight excluding hydrogens is 334 g/mol. The molecular formula is C21H32F2OSi. The molecule has 1 aromatic rings. The zero-order valence-corrected chi connectivity index (χ0v) is 18.1. The van der Waals surface area contributed by atoms with Gasteiger partial charge in [-0.3, -0.25) is 0 Å². The summed E-state index contributed by atoms with van der Waals surface area (Å²) < 4.78 is 31.1. The van der Waals surface area contributed by atoms with E-state index < -0.39 is 21.1 Å². The second-order valence-electron chi connectivity index (χ2n) is 9.60. The highest BCUT2D eigenvalue weighted by Gasteiger charge is 2.26. The van der Waals surface area contributed by atoms with Crippen molar-refractivity contribution in [3.8, 4) is 17.2 Å². The molecule has 1 nitrogen and oxygen atoms in total. The van der Waals surface area contributed by atoms with Crippen LogP contribution in [-0.4, -0.2) is 21.1 Å². The number of hydrogen-bond acceptors (Lipinski definition) is 1. The molecule has 140 valence electrons. The molecule has 0 aliphatic heterocycles. The van der Waals surface area contributed by atoms with E-state index in [0.717, 1.165) is 16.7 Å². The summed E-state index contributed by atoms with van der Waals surface area (Å²) >= 11 is 0. The third kappa shape index (κ3) is 6.82. The number of rotatable bonds is 3. The molecule has 0 saturated carbocycles. The molecule has 0 heterocycles. The Morgan fingerprint density at radius 2 is 1.56 bits per heavy atom. The lowest BCUT2D eigenvalue weighted by Gasteiger charge is -2.28. The number of benzene rings is 1. The topological polar surface area (TPSA) is 9.23 Å². The van der Waals surface area contributed by atoms with Crippen LogP contribution in [0.2, 0.25) is 19.6 Å². The smallest absolute Gasteiger partial charge is 0.272 e. The average molecular weight is 367 g/mol. The van der Waals surface area contributed by atoms with Crippen molar-refractivity contribution >= 4 is 8.07 Å². The van der Waals surface area contributed by atoms with Crippen molar-refractivity contribution in [2.75, 3.05) is 6.61 Å². The molecule has 0 aromatic heterocycles. The first kappa shape index (κ1) is 21.7. The molecule has 0 saturated heterocycles. The van der Waals surface area contributed by atoms with E-state index in [9.17, 15) is 8.78 Å². The van der Waals surface area contributed by atoms with E-state index in [0.29, 0.717) is 5.75 Å². The normalized spacial score (nSPS) is 12.8. The van der Waals surface area contributed by atoms with Crippen LogP contribution in [0.3, 0.4) is 0 Å². The maximum absolute atomic E-state index is 12.8. The molecule has 0 unspecified atom stereocenters. The maximum atomic E-state index is 12.8. The van der Waals surface area contributed by atoms with Gasteiger partial charge in [0, 0.05) is 5.56 Å². The van der Waals surface area contributed by atoms with E-state index in [1.165, 1.54) is 0 Å². The maximum Gasteiger partial charge on any atom is 0.272 e. The summed E-state index contributed by atoms with van der Waals surface area (Å²) in [6.07, 6.45) is -2.51. The predicted octanol–water partition coefficient (Wildman–Crippen LogP) is 6.15. The van der Waals surface area contributed by atoms with Gasteiger partial charge in [-0.05, 0) is 22.5 Å². The van der Waals surface area contributed by atoms with Crippen molar-refractivity contribution in [2.24, 2.45) is 0 Å². The molecule has 4 heteroatoms. The van der Waals surface area contributed by atoms with Gasteiger partial charge in [0.2, 0.25) is 0 Å². The van der Waals surface area contributed by atoms with Crippen LogP contribution in [0.1, 0.15) is 58.2 Å². The van der Waals surface area contributed by atoms with Gasteiger partial charge in [-0.15, -0.1) is 5.54 Å². The molecule has 0 radical (unpaired) electrons. The summed E-state index contributed by atoms with van der Waals surface area (Å²) in [6.45, 7) is 18.5. The van der Waals surface area contributed by atoms with Gasteiger partial charge in [0.05, 0.1) is 5.56 Å². The Morgan fingerprint density at radius 1 is 1.00 bits per heavy atom. The van der Waals surface area contributed by atoms with Gasteiger partial charge in [-0.1, -0.05) is 73.2 Å². The highest BCUT2D eigenvalue weighted by molar-refractivity contribution is 6.83. The number of hydrogen-bond donors (Lipinski definition) is 0. The first-order valence-corrected chi connectivity index (χ1v) is 12.2. The Bertz CT molecular complexity index is 663. The predicted molar refractivity (Wildman–Crippen MR) is 106 cm³/mol. The van der Waals surface area contributed by atoms with Crippen LogP contribution in [0.25, 0.3) is 0 Å². The lowest BCUT2D eigenvalue weighted by Crippen LogP contribution is -2.20. The minimum absolute atomic E-state index is 0.0587. The van der Waals surface area contributed by atoms with E-state index >= 15 is 0 Å². The standard InChI is InChI=1S/C21H32F2OSi/c1-20(2,3)16-12-15(10-11-25(7,8)9)19(24-14-18(22)23)17(13-16)21(4,5)6/h12-13,18H,14H2,1-9H3. The monoisotopic (exact) mass is 366 g/mol. The van der Waals surface area contributed by atoms with Crippen molar-refractivity contribution in [3.05, 3.63) is 28.8 Å². The van der Waals surface area contributed by atoms with Gasteiger partial charge in [0.15, 0.2) is 0 Å². The summed E-state index contributed by atoms with van der Waals surface area (Å²) in [5.74, 6) is 3.75. The summed E-state index contributed by atoms with van der Waals surface area (Å²) in [4.78, 5) is 0. The van der Waals surface area contributed by atoms with Crippen molar-refractivity contribution < 1.29 is 13.5 Å². The molecule has 0 fully saturated rings. The van der Waals surface area contributed by atoms with Crippen molar-refractivity contribution in [1.29, 1.82) is 0 Å². The molecule has 25 heavy (non-hydrogen) atoms. The number of halogens is 2. The molecule has 0 N–H and O–H groups in total. The van der Waals surface area contributed by atoms with Gasteiger partial charge in [0.25, 0.3) is 6.43 Å². The fourth-order valence-corrected chi connectivity index (χ4v) is 2.78. The fourth-order valence-electron chi connectivity index (χ4n) is 2.27. The van der Waals surface area contributed by atoms with Crippen LogP contribution < -0.4 is 4.74 Å². The van der Waals surface area contributed by atoms with E-state index in [2.05, 4.69) is 78.7 Å². The zero-order valence-electron chi connectivity index (χ0n) is 17.1. The lowest BCUT2D eigenvalue weighted by molar-refractivity contribution is 0.0807. The van der Waals surface area contributed by atoms with Crippen molar-refractivity contribution in [2.45, 2.75) is 78.4 Å². The van der Waals surface area contributed by atoms with Crippen LogP contribution in [0.4, 0.5) is 8.78 Å². The minimum atomic E-state index is -2.51. The highest BCUT2D eigenvalue weighted by atomic mass is 28.3. The van der Waals surface area contributed by atoms with Crippen LogP contribution in [0, 0.1) is 11.5 Å². The van der Waals surface area contributed by atoms with Gasteiger partial charge < -0.3 is 4.74 Å².